The second-order valence-corrected chi connectivity index (χ2v) is 7.05. The van der Waals surface area contributed by atoms with Crippen molar-refractivity contribution in [2.24, 2.45) is 14.1 Å². The van der Waals surface area contributed by atoms with Crippen molar-refractivity contribution in [3.63, 3.8) is 0 Å². The highest BCUT2D eigenvalue weighted by atomic mass is 16.5. The van der Waals surface area contributed by atoms with Crippen LogP contribution in [0.3, 0.4) is 0 Å². The Morgan fingerprint density at radius 1 is 0.900 bits per heavy atom. The first-order valence-electron chi connectivity index (χ1n) is 9.62. The van der Waals surface area contributed by atoms with E-state index in [0.29, 0.717) is 6.61 Å². The number of aryl methyl sites for hydroxylation is 2. The minimum absolute atomic E-state index is 0.373. The van der Waals surface area contributed by atoms with Crippen LogP contribution in [0.4, 0.5) is 0 Å². The summed E-state index contributed by atoms with van der Waals surface area (Å²) in [6.45, 7) is 0.373. The van der Waals surface area contributed by atoms with E-state index in [4.69, 9.17) is 4.74 Å². The average molecular weight is 396 g/mol. The number of rotatable bonds is 5. The highest BCUT2D eigenvalue weighted by molar-refractivity contribution is 5.80. The van der Waals surface area contributed by atoms with Crippen molar-refractivity contribution in [2.75, 3.05) is 0 Å². The van der Waals surface area contributed by atoms with Gasteiger partial charge in [-0.2, -0.15) is 5.10 Å². The zero-order chi connectivity index (χ0) is 20.5. The number of pyridine rings is 2. The third kappa shape index (κ3) is 3.30. The Morgan fingerprint density at radius 3 is 2.47 bits per heavy atom. The summed E-state index contributed by atoms with van der Waals surface area (Å²) in [5.41, 5.74) is 5.83. The first kappa shape index (κ1) is 18.1. The molecule has 0 aliphatic rings. The third-order valence-corrected chi connectivity index (χ3v) is 5.07. The number of imidazole rings is 1. The summed E-state index contributed by atoms with van der Waals surface area (Å²) in [5, 5.41) is 4.65. The third-order valence-electron chi connectivity index (χ3n) is 5.07. The van der Waals surface area contributed by atoms with E-state index in [1.54, 1.807) is 18.6 Å². The van der Waals surface area contributed by atoms with Crippen LogP contribution in [-0.4, -0.2) is 29.3 Å². The van der Waals surface area contributed by atoms with Crippen molar-refractivity contribution >= 4 is 11.2 Å². The van der Waals surface area contributed by atoms with Crippen LogP contribution < -0.4 is 4.74 Å². The molecule has 0 unspecified atom stereocenters. The molecule has 1 aromatic carbocycles. The van der Waals surface area contributed by atoms with E-state index < -0.39 is 0 Å². The lowest BCUT2D eigenvalue weighted by Crippen LogP contribution is -2.03. The van der Waals surface area contributed by atoms with Gasteiger partial charge in [0.15, 0.2) is 5.65 Å². The molecule has 0 spiro atoms. The fraction of sp³-hybridized carbons (Fsp3) is 0.130. The van der Waals surface area contributed by atoms with Gasteiger partial charge in [-0.15, -0.1) is 0 Å². The lowest BCUT2D eigenvalue weighted by atomic mass is 10.0. The van der Waals surface area contributed by atoms with E-state index in [2.05, 4.69) is 20.1 Å². The first-order chi connectivity index (χ1) is 14.7. The zero-order valence-corrected chi connectivity index (χ0v) is 16.7. The van der Waals surface area contributed by atoms with E-state index in [9.17, 15) is 0 Å². The number of hydrogen-bond donors (Lipinski definition) is 0. The molecule has 5 rings (SSSR count). The van der Waals surface area contributed by atoms with Crippen molar-refractivity contribution in [2.45, 2.75) is 6.61 Å². The Kier molecular flexibility index (Phi) is 4.48. The smallest absolute Gasteiger partial charge is 0.178 e. The van der Waals surface area contributed by atoms with E-state index in [1.807, 2.05) is 78.1 Å². The lowest BCUT2D eigenvalue weighted by molar-refractivity contribution is 0.292. The van der Waals surface area contributed by atoms with Gasteiger partial charge in [0.25, 0.3) is 0 Å². The molecule has 5 aromatic rings. The van der Waals surface area contributed by atoms with Gasteiger partial charge in [0, 0.05) is 50.0 Å². The molecule has 0 saturated carbocycles. The molecular formula is C23H20N6O. The first-order valence-corrected chi connectivity index (χ1v) is 9.62. The molecule has 0 radical (unpaired) electrons. The van der Waals surface area contributed by atoms with E-state index in [-0.39, 0.29) is 0 Å². The van der Waals surface area contributed by atoms with Crippen LogP contribution >= 0.6 is 0 Å². The van der Waals surface area contributed by atoms with E-state index >= 15 is 0 Å². The molecule has 4 aromatic heterocycles. The summed E-state index contributed by atoms with van der Waals surface area (Å²) in [6, 6.07) is 15.9. The second kappa shape index (κ2) is 7.44. The molecule has 0 saturated heterocycles. The van der Waals surface area contributed by atoms with E-state index in [0.717, 1.165) is 45.1 Å². The van der Waals surface area contributed by atoms with Gasteiger partial charge in [-0.25, -0.2) is 9.97 Å². The summed E-state index contributed by atoms with van der Waals surface area (Å²) in [6.07, 6.45) is 7.35. The average Bonchev–Trinajstić information content (AvgIpc) is 3.33. The van der Waals surface area contributed by atoms with Crippen LogP contribution in [0.2, 0.25) is 0 Å². The molecule has 0 aliphatic carbocycles. The number of benzene rings is 1. The number of nitrogens with zero attached hydrogens (tertiary/aromatic N) is 6. The number of ether oxygens (including phenoxy) is 1. The fourth-order valence-electron chi connectivity index (χ4n) is 3.50. The van der Waals surface area contributed by atoms with Crippen molar-refractivity contribution in [1.29, 1.82) is 0 Å². The van der Waals surface area contributed by atoms with Crippen molar-refractivity contribution in [3.8, 4) is 28.1 Å². The Balaban J connectivity index is 1.37. The summed E-state index contributed by atoms with van der Waals surface area (Å²) < 4.78 is 9.80. The molecule has 4 heterocycles. The summed E-state index contributed by atoms with van der Waals surface area (Å²) in [4.78, 5) is 12.9. The minimum atomic E-state index is 0.373. The normalized spacial score (nSPS) is 11.1. The number of aromatic nitrogens is 6. The van der Waals surface area contributed by atoms with Crippen LogP contribution in [0.5, 0.6) is 5.75 Å². The molecule has 0 amide bonds. The Morgan fingerprint density at radius 2 is 1.70 bits per heavy atom. The van der Waals surface area contributed by atoms with Gasteiger partial charge in [-0.05, 0) is 54.1 Å². The molecule has 7 heteroatoms. The van der Waals surface area contributed by atoms with Crippen LogP contribution in [0, 0.1) is 0 Å². The molecule has 0 N–H and O–H groups in total. The van der Waals surface area contributed by atoms with Crippen LogP contribution in [0.25, 0.3) is 33.5 Å². The maximum atomic E-state index is 5.97. The monoisotopic (exact) mass is 396 g/mol. The fourth-order valence-corrected chi connectivity index (χ4v) is 3.50. The Labute approximate surface area is 173 Å². The number of fused-ring (bicyclic) bond motifs is 1. The van der Waals surface area contributed by atoms with Gasteiger partial charge >= 0.3 is 0 Å². The molecule has 30 heavy (non-hydrogen) atoms. The summed E-state index contributed by atoms with van der Waals surface area (Å²) in [5.74, 6) is 1.61. The summed E-state index contributed by atoms with van der Waals surface area (Å²) in [7, 11) is 3.90. The van der Waals surface area contributed by atoms with Gasteiger partial charge in [0.05, 0.1) is 5.52 Å². The highest BCUT2D eigenvalue weighted by Gasteiger charge is 2.13. The molecule has 0 fully saturated rings. The topological polar surface area (TPSA) is 70.7 Å². The van der Waals surface area contributed by atoms with Crippen LogP contribution in [0.15, 0.2) is 73.3 Å². The Bertz CT molecular complexity index is 1310. The predicted molar refractivity (Wildman–Crippen MR) is 115 cm³/mol. The zero-order valence-electron chi connectivity index (χ0n) is 16.7. The molecular weight excluding hydrogens is 376 g/mol. The molecule has 7 nitrogen and oxygen atoms in total. The number of hydrogen-bond acceptors (Lipinski definition) is 5. The standard InChI is InChI=1S/C23H20N6O/c1-28-14-19(16-9-12-24-13-10-16)22(27-28)17-5-7-18(8-6-17)30-15-21-26-23-20(29(21)2)4-3-11-25-23/h3-14H,15H2,1-2H3. The SMILES string of the molecule is Cn1cc(-c2ccncc2)c(-c2ccc(OCc3nc4ncccc4n3C)cc2)n1. The van der Waals surface area contributed by atoms with Crippen LogP contribution in [-0.2, 0) is 20.7 Å². The van der Waals surface area contributed by atoms with Crippen molar-refractivity contribution in [3.05, 3.63) is 79.1 Å². The minimum Gasteiger partial charge on any atom is -0.486 e. The highest BCUT2D eigenvalue weighted by Crippen LogP contribution is 2.31. The molecule has 0 aliphatic heterocycles. The quantitative estimate of drug-likeness (QED) is 0.449. The maximum absolute atomic E-state index is 5.97. The van der Waals surface area contributed by atoms with Gasteiger partial charge in [0.1, 0.15) is 23.9 Å². The van der Waals surface area contributed by atoms with Crippen LogP contribution in [0.1, 0.15) is 5.82 Å². The van der Waals surface area contributed by atoms with Gasteiger partial charge in [-0.3, -0.25) is 9.67 Å². The predicted octanol–water partition coefficient (Wildman–Crippen LogP) is 4.01. The molecule has 0 bridgehead atoms. The van der Waals surface area contributed by atoms with Gasteiger partial charge < -0.3 is 9.30 Å². The molecule has 0 atom stereocenters. The summed E-state index contributed by atoms with van der Waals surface area (Å²) >= 11 is 0. The van der Waals surface area contributed by atoms with Crippen molar-refractivity contribution < 1.29 is 4.74 Å². The second-order valence-electron chi connectivity index (χ2n) is 7.05. The van der Waals surface area contributed by atoms with Gasteiger partial charge in [-0.1, -0.05) is 0 Å². The largest absolute Gasteiger partial charge is 0.486 e. The maximum Gasteiger partial charge on any atom is 0.178 e. The van der Waals surface area contributed by atoms with Gasteiger partial charge in [0.2, 0.25) is 0 Å². The Hall–Kier alpha value is -4.00. The lowest BCUT2D eigenvalue weighted by Gasteiger charge is -2.08. The van der Waals surface area contributed by atoms with E-state index in [1.165, 1.54) is 0 Å². The molecule has 148 valence electrons. The van der Waals surface area contributed by atoms with Crippen molar-refractivity contribution in [1.82, 2.24) is 29.3 Å².